The van der Waals surface area contributed by atoms with Gasteiger partial charge in [-0.3, -0.25) is 14.3 Å². The minimum atomic E-state index is -2.72. The van der Waals surface area contributed by atoms with Crippen molar-refractivity contribution >= 4 is 8.25 Å². The first-order valence-corrected chi connectivity index (χ1v) is 7.73. The predicted octanol–water partition coefficient (Wildman–Crippen LogP) is 0.0693. The van der Waals surface area contributed by atoms with Gasteiger partial charge >= 0.3 is 13.9 Å². The summed E-state index contributed by atoms with van der Waals surface area (Å²) < 4.78 is 16.7. The largest absolute Gasteiger partial charge is 0.694 e. The van der Waals surface area contributed by atoms with E-state index in [9.17, 15) is 19.3 Å². The van der Waals surface area contributed by atoms with Gasteiger partial charge in [0.1, 0.15) is 6.61 Å². The zero-order valence-electron chi connectivity index (χ0n) is 11.7. The van der Waals surface area contributed by atoms with Gasteiger partial charge in [0.2, 0.25) is 0 Å². The Balaban J connectivity index is 2.26. The summed E-state index contributed by atoms with van der Waals surface area (Å²) in [6, 6.07) is -0.298. The molecule has 2 rings (SSSR count). The maximum absolute atomic E-state index is 11.9. The second-order valence-electron chi connectivity index (χ2n) is 5.41. The fraction of sp³-hybridized carbons (Fsp3) is 0.667. The fourth-order valence-electron chi connectivity index (χ4n) is 2.88. The Morgan fingerprint density at radius 1 is 1.52 bits per heavy atom. The first kappa shape index (κ1) is 16.0. The Kier molecular flexibility index (Phi) is 4.73. The van der Waals surface area contributed by atoms with Gasteiger partial charge in [0.05, 0.1) is 6.10 Å². The van der Waals surface area contributed by atoms with Crippen molar-refractivity contribution in [2.24, 2.45) is 11.8 Å². The number of aromatic nitrogens is 2. The Bertz CT molecular complexity index is 654. The highest BCUT2D eigenvalue weighted by Crippen LogP contribution is 2.40. The molecule has 3 N–H and O–H groups in total. The Hall–Kier alpha value is -1.34. The number of aliphatic hydroxyl groups excluding tert-OH is 1. The van der Waals surface area contributed by atoms with E-state index in [1.54, 1.807) is 6.92 Å². The lowest BCUT2D eigenvalue weighted by Crippen LogP contribution is -2.34. The molecule has 1 saturated carbocycles. The molecular weight excluding hydrogens is 299 g/mol. The molecule has 1 heterocycles. The third kappa shape index (κ3) is 3.29. The molecule has 0 amide bonds. The molecule has 5 atom stereocenters. The summed E-state index contributed by atoms with van der Waals surface area (Å²) in [5.74, 6) is -0.488. The van der Waals surface area contributed by atoms with Crippen LogP contribution in [0.3, 0.4) is 0 Å². The van der Waals surface area contributed by atoms with Crippen LogP contribution >= 0.6 is 8.25 Å². The van der Waals surface area contributed by atoms with Gasteiger partial charge in [0.15, 0.2) is 0 Å². The molecule has 0 saturated heterocycles. The SMILES string of the molecule is Cc1cn(C2CC(O)C(CO[P+](=O)O)C2C)c(=O)[nH]c1=O. The van der Waals surface area contributed by atoms with Crippen molar-refractivity contribution in [3.8, 4) is 0 Å². The summed E-state index contributed by atoms with van der Waals surface area (Å²) in [5, 5.41) is 10.1. The van der Waals surface area contributed by atoms with Crippen molar-refractivity contribution in [3.05, 3.63) is 32.6 Å². The summed E-state index contributed by atoms with van der Waals surface area (Å²) in [6.07, 6.45) is 1.06. The van der Waals surface area contributed by atoms with Crippen LogP contribution in [0.2, 0.25) is 0 Å². The molecule has 1 aromatic heterocycles. The van der Waals surface area contributed by atoms with E-state index in [-0.39, 0.29) is 24.5 Å². The molecule has 8 nitrogen and oxygen atoms in total. The van der Waals surface area contributed by atoms with Crippen molar-refractivity contribution in [3.63, 3.8) is 0 Å². The van der Waals surface area contributed by atoms with Crippen molar-refractivity contribution in [2.45, 2.75) is 32.4 Å². The van der Waals surface area contributed by atoms with E-state index in [0.29, 0.717) is 12.0 Å². The third-order valence-corrected chi connectivity index (χ3v) is 4.51. The quantitative estimate of drug-likeness (QED) is 0.676. The molecule has 5 unspecified atom stereocenters. The van der Waals surface area contributed by atoms with Crippen molar-refractivity contribution < 1.29 is 19.1 Å². The lowest BCUT2D eigenvalue weighted by molar-refractivity contribution is 0.0822. The zero-order valence-corrected chi connectivity index (χ0v) is 12.6. The van der Waals surface area contributed by atoms with Crippen LogP contribution in [0.4, 0.5) is 0 Å². The highest BCUT2D eigenvalue weighted by molar-refractivity contribution is 7.32. The molecule has 0 aliphatic heterocycles. The molecule has 21 heavy (non-hydrogen) atoms. The highest BCUT2D eigenvalue weighted by atomic mass is 31.1. The Labute approximate surface area is 121 Å². The van der Waals surface area contributed by atoms with Gasteiger partial charge in [0, 0.05) is 28.3 Å². The maximum atomic E-state index is 11.9. The van der Waals surface area contributed by atoms with Gasteiger partial charge in [-0.15, -0.1) is 9.42 Å². The lowest BCUT2D eigenvalue weighted by Gasteiger charge is -2.21. The van der Waals surface area contributed by atoms with Crippen LogP contribution in [0.25, 0.3) is 0 Å². The van der Waals surface area contributed by atoms with Crippen molar-refractivity contribution in [1.82, 2.24) is 9.55 Å². The number of nitrogens with zero attached hydrogens (tertiary/aromatic N) is 1. The maximum Gasteiger partial charge on any atom is 0.694 e. The third-order valence-electron chi connectivity index (χ3n) is 4.14. The number of aromatic amines is 1. The monoisotopic (exact) mass is 317 g/mol. The number of hydrogen-bond acceptors (Lipinski definition) is 5. The molecule has 116 valence electrons. The minimum absolute atomic E-state index is 0.0539. The molecule has 9 heteroatoms. The van der Waals surface area contributed by atoms with Crippen molar-refractivity contribution in [2.75, 3.05) is 6.61 Å². The number of aryl methyl sites for hydroxylation is 1. The lowest BCUT2D eigenvalue weighted by atomic mass is 9.95. The number of aliphatic hydroxyl groups is 1. The zero-order chi connectivity index (χ0) is 15.7. The van der Waals surface area contributed by atoms with Crippen molar-refractivity contribution in [1.29, 1.82) is 0 Å². The Morgan fingerprint density at radius 3 is 2.81 bits per heavy atom. The van der Waals surface area contributed by atoms with E-state index >= 15 is 0 Å². The molecule has 1 aliphatic carbocycles. The number of nitrogens with one attached hydrogen (secondary N) is 1. The van der Waals surface area contributed by atoms with E-state index in [1.807, 2.05) is 6.92 Å². The summed E-state index contributed by atoms with van der Waals surface area (Å²) in [6.45, 7) is 3.38. The van der Waals surface area contributed by atoms with E-state index < -0.39 is 25.6 Å². The van der Waals surface area contributed by atoms with Gasteiger partial charge in [-0.25, -0.2) is 4.79 Å². The smallest absolute Gasteiger partial charge is 0.393 e. The van der Waals surface area contributed by atoms with Crippen LogP contribution in [0.15, 0.2) is 15.8 Å². The van der Waals surface area contributed by atoms with Crippen LogP contribution in [0.1, 0.15) is 24.9 Å². The van der Waals surface area contributed by atoms with Crippen LogP contribution in [-0.2, 0) is 9.09 Å². The van der Waals surface area contributed by atoms with Crippen LogP contribution < -0.4 is 11.2 Å². The van der Waals surface area contributed by atoms with E-state index in [0.717, 1.165) is 0 Å². The summed E-state index contributed by atoms with van der Waals surface area (Å²) in [4.78, 5) is 34.2. The Morgan fingerprint density at radius 2 is 2.19 bits per heavy atom. The van der Waals surface area contributed by atoms with Crippen LogP contribution in [0, 0.1) is 18.8 Å². The van der Waals surface area contributed by atoms with Gasteiger partial charge in [-0.05, 0) is 19.3 Å². The van der Waals surface area contributed by atoms with E-state index in [2.05, 4.69) is 9.51 Å². The molecule has 0 bridgehead atoms. The van der Waals surface area contributed by atoms with Crippen LogP contribution in [0.5, 0.6) is 0 Å². The van der Waals surface area contributed by atoms with Gasteiger partial charge in [-0.1, -0.05) is 6.92 Å². The summed E-state index contributed by atoms with van der Waals surface area (Å²) in [5.41, 5.74) is -0.543. The molecule has 0 aromatic carbocycles. The molecule has 1 aliphatic rings. The molecule has 1 fully saturated rings. The normalized spacial score (nSPS) is 29.6. The summed E-state index contributed by atoms with van der Waals surface area (Å²) in [7, 11) is -2.72. The van der Waals surface area contributed by atoms with Crippen LogP contribution in [-0.4, -0.2) is 32.3 Å². The van der Waals surface area contributed by atoms with E-state index in [4.69, 9.17) is 4.89 Å². The minimum Gasteiger partial charge on any atom is -0.393 e. The molecule has 0 radical (unpaired) electrons. The number of rotatable bonds is 4. The average molecular weight is 317 g/mol. The predicted molar refractivity (Wildman–Crippen MR) is 74.2 cm³/mol. The van der Waals surface area contributed by atoms with E-state index in [1.165, 1.54) is 10.8 Å². The standard InChI is InChI=1S/C12H17N2O6P/c1-6-4-14(12(17)13-11(6)16)9-3-10(15)8(7(9)2)5-20-21(18)19/h4,7-10,15H,3,5H2,1-2H3,(H-,13,16,17,18,19)/p+1. The van der Waals surface area contributed by atoms with Gasteiger partial charge in [0.25, 0.3) is 5.56 Å². The highest BCUT2D eigenvalue weighted by Gasteiger charge is 2.42. The molecule has 1 aromatic rings. The number of hydrogen-bond donors (Lipinski definition) is 3. The average Bonchev–Trinajstić information content (AvgIpc) is 2.67. The first-order chi connectivity index (χ1) is 9.81. The first-order valence-electron chi connectivity index (χ1n) is 6.60. The van der Waals surface area contributed by atoms with Gasteiger partial charge < -0.3 is 5.11 Å². The molecule has 0 spiro atoms. The topological polar surface area (TPSA) is 122 Å². The van der Waals surface area contributed by atoms with Gasteiger partial charge in [-0.2, -0.15) is 0 Å². The number of H-pyrrole nitrogens is 1. The summed E-state index contributed by atoms with van der Waals surface area (Å²) >= 11 is 0. The fourth-order valence-corrected chi connectivity index (χ4v) is 3.18. The second-order valence-corrected chi connectivity index (χ2v) is 6.14. The second kappa shape index (κ2) is 6.19. The molecular formula is C12H18N2O6P+.